The van der Waals surface area contributed by atoms with E-state index >= 15 is 0 Å². The van der Waals surface area contributed by atoms with Crippen molar-refractivity contribution in [2.75, 3.05) is 11.1 Å². The van der Waals surface area contributed by atoms with Gasteiger partial charge in [-0.2, -0.15) is 18.4 Å². The van der Waals surface area contributed by atoms with E-state index in [1.54, 1.807) is 6.07 Å². The molecule has 0 aliphatic rings. The lowest BCUT2D eigenvalue weighted by Crippen LogP contribution is -2.13. The Morgan fingerprint density at radius 1 is 1.38 bits per heavy atom. The fraction of sp³-hybridized carbons (Fsp3) is 0.333. The molecule has 0 unspecified atom stereocenters. The zero-order chi connectivity index (χ0) is 16.0. The number of thioether (sulfide) groups is 1. The Morgan fingerprint density at radius 3 is 2.57 bits per heavy atom. The van der Waals surface area contributed by atoms with E-state index < -0.39 is 36.2 Å². The number of halogens is 5. The maximum atomic E-state index is 12.6. The van der Waals surface area contributed by atoms with Gasteiger partial charge in [0.25, 0.3) is 0 Å². The monoisotopic (exact) mass is 324 g/mol. The van der Waals surface area contributed by atoms with Crippen LogP contribution in [0.4, 0.5) is 27.6 Å². The van der Waals surface area contributed by atoms with E-state index in [0.29, 0.717) is 17.8 Å². The Balaban J connectivity index is 3.06. The predicted molar refractivity (Wildman–Crippen MR) is 67.0 cm³/mol. The van der Waals surface area contributed by atoms with Gasteiger partial charge in [-0.1, -0.05) is 0 Å². The molecule has 0 aliphatic carbocycles. The van der Waals surface area contributed by atoms with Gasteiger partial charge in [-0.05, 0) is 18.2 Å². The fourth-order valence-corrected chi connectivity index (χ4v) is 2.08. The second-order valence-corrected chi connectivity index (χ2v) is 4.86. The van der Waals surface area contributed by atoms with Crippen molar-refractivity contribution in [3.8, 4) is 6.07 Å². The molecule has 0 saturated carbocycles. The highest BCUT2D eigenvalue weighted by Gasteiger charge is 2.31. The highest BCUT2D eigenvalue weighted by atomic mass is 32.2. The van der Waals surface area contributed by atoms with Crippen LogP contribution in [0.15, 0.2) is 23.1 Å². The first-order valence-corrected chi connectivity index (χ1v) is 6.51. The van der Waals surface area contributed by atoms with E-state index in [1.807, 2.05) is 0 Å². The number of anilines is 1. The van der Waals surface area contributed by atoms with Crippen LogP contribution in [0.3, 0.4) is 0 Å². The van der Waals surface area contributed by atoms with Crippen molar-refractivity contribution in [1.82, 2.24) is 0 Å². The third-order valence-corrected chi connectivity index (χ3v) is 3.27. The van der Waals surface area contributed by atoms with Crippen LogP contribution in [-0.4, -0.2) is 18.1 Å². The summed E-state index contributed by atoms with van der Waals surface area (Å²) in [5.74, 6) is -1.43. The van der Waals surface area contributed by atoms with Crippen LogP contribution in [-0.2, 0) is 11.0 Å². The number of hydrogen-bond acceptors (Lipinski definition) is 3. The minimum atomic E-state index is -4.62. The van der Waals surface area contributed by atoms with Crippen LogP contribution < -0.4 is 5.32 Å². The minimum absolute atomic E-state index is 0.0783. The second kappa shape index (κ2) is 7.26. The highest BCUT2D eigenvalue weighted by Crippen LogP contribution is 2.36. The molecule has 9 heteroatoms. The molecule has 1 amide bonds. The third kappa shape index (κ3) is 5.59. The number of nitriles is 1. The highest BCUT2D eigenvalue weighted by molar-refractivity contribution is 7.99. The number of alkyl halides is 5. The summed E-state index contributed by atoms with van der Waals surface area (Å²) in [6.45, 7) is 0. The van der Waals surface area contributed by atoms with Crippen molar-refractivity contribution in [3.05, 3.63) is 23.8 Å². The van der Waals surface area contributed by atoms with E-state index in [1.165, 1.54) is 0 Å². The summed E-state index contributed by atoms with van der Waals surface area (Å²) in [5.41, 5.74) is -1.26. The van der Waals surface area contributed by atoms with E-state index in [0.717, 1.165) is 12.1 Å². The smallest absolute Gasteiger partial charge is 0.324 e. The standard InChI is InChI=1S/C12H9F5N2OS/c13-10(14)6-21-9-2-1-7(12(15,16)17)5-8(9)19-11(20)3-4-18/h1-2,5,10H,3,6H2,(H,19,20). The van der Waals surface area contributed by atoms with E-state index in [-0.39, 0.29) is 10.6 Å². The quantitative estimate of drug-likeness (QED) is 0.660. The first kappa shape index (κ1) is 17.2. The van der Waals surface area contributed by atoms with Gasteiger partial charge in [0.15, 0.2) is 0 Å². The number of rotatable bonds is 5. The van der Waals surface area contributed by atoms with Gasteiger partial charge in [0.1, 0.15) is 6.42 Å². The molecule has 3 nitrogen and oxygen atoms in total. The molecule has 1 N–H and O–H groups in total. The first-order chi connectivity index (χ1) is 9.74. The Bertz CT molecular complexity index is 554. The zero-order valence-electron chi connectivity index (χ0n) is 10.4. The van der Waals surface area contributed by atoms with Gasteiger partial charge in [-0.3, -0.25) is 4.79 Å². The lowest BCUT2D eigenvalue weighted by molar-refractivity contribution is -0.137. The Morgan fingerprint density at radius 2 is 2.05 bits per heavy atom. The minimum Gasteiger partial charge on any atom is -0.324 e. The average molecular weight is 324 g/mol. The molecule has 0 aromatic heterocycles. The van der Waals surface area contributed by atoms with Crippen molar-refractivity contribution in [2.24, 2.45) is 0 Å². The van der Waals surface area contributed by atoms with E-state index in [9.17, 15) is 26.7 Å². The molecule has 0 aliphatic heterocycles. The van der Waals surface area contributed by atoms with Crippen molar-refractivity contribution in [2.45, 2.75) is 23.9 Å². The maximum absolute atomic E-state index is 12.6. The molecule has 0 saturated heterocycles. The molecule has 1 aromatic rings. The number of carbonyl (C=O) groups is 1. The van der Waals surface area contributed by atoms with Gasteiger partial charge in [-0.15, -0.1) is 11.8 Å². The Kier molecular flexibility index (Phi) is 5.96. The summed E-state index contributed by atoms with van der Waals surface area (Å²) in [6, 6.07) is 3.95. The molecular weight excluding hydrogens is 315 g/mol. The zero-order valence-corrected chi connectivity index (χ0v) is 11.2. The topological polar surface area (TPSA) is 52.9 Å². The van der Waals surface area contributed by atoms with Crippen molar-refractivity contribution < 1.29 is 26.7 Å². The summed E-state index contributed by atoms with van der Waals surface area (Å²) in [6.07, 6.45) is -7.81. The number of nitrogens with one attached hydrogen (secondary N) is 1. The number of hydrogen-bond donors (Lipinski definition) is 1. The van der Waals surface area contributed by atoms with Crippen LogP contribution in [0.1, 0.15) is 12.0 Å². The van der Waals surface area contributed by atoms with E-state index in [4.69, 9.17) is 5.26 Å². The molecule has 1 aromatic carbocycles. The van der Waals surface area contributed by atoms with Crippen LogP contribution in [0.5, 0.6) is 0 Å². The number of carbonyl (C=O) groups excluding carboxylic acids is 1. The Labute approximate surface area is 121 Å². The van der Waals surface area contributed by atoms with Gasteiger partial charge in [-0.25, -0.2) is 8.78 Å². The summed E-state index contributed by atoms with van der Waals surface area (Å²) < 4.78 is 62.2. The average Bonchev–Trinajstić information content (AvgIpc) is 2.36. The summed E-state index contributed by atoms with van der Waals surface area (Å²) in [4.78, 5) is 11.4. The summed E-state index contributed by atoms with van der Waals surface area (Å²) >= 11 is 0.620. The molecule has 0 radical (unpaired) electrons. The molecule has 114 valence electrons. The molecule has 0 heterocycles. The van der Waals surface area contributed by atoms with Crippen LogP contribution >= 0.6 is 11.8 Å². The molecule has 0 bridgehead atoms. The lowest BCUT2D eigenvalue weighted by atomic mass is 10.2. The molecule has 1 rings (SSSR count). The largest absolute Gasteiger partial charge is 0.416 e. The van der Waals surface area contributed by atoms with Crippen molar-refractivity contribution in [1.29, 1.82) is 5.26 Å². The Hall–Kier alpha value is -1.82. The summed E-state index contributed by atoms with van der Waals surface area (Å²) in [7, 11) is 0. The second-order valence-electron chi connectivity index (χ2n) is 3.79. The molecule has 0 spiro atoms. The molecule has 0 atom stereocenters. The van der Waals surface area contributed by atoms with Crippen LogP contribution in [0, 0.1) is 11.3 Å². The van der Waals surface area contributed by atoms with Crippen LogP contribution in [0.2, 0.25) is 0 Å². The summed E-state index contributed by atoms with van der Waals surface area (Å²) in [5, 5.41) is 10.5. The van der Waals surface area contributed by atoms with Gasteiger partial charge >= 0.3 is 6.18 Å². The van der Waals surface area contributed by atoms with Crippen molar-refractivity contribution in [3.63, 3.8) is 0 Å². The van der Waals surface area contributed by atoms with Crippen LogP contribution in [0.25, 0.3) is 0 Å². The normalized spacial score (nSPS) is 11.3. The van der Waals surface area contributed by atoms with Gasteiger partial charge in [0.05, 0.1) is 23.1 Å². The SMILES string of the molecule is N#CCC(=O)Nc1cc(C(F)(F)F)ccc1SCC(F)F. The molecule has 0 fully saturated rings. The third-order valence-electron chi connectivity index (χ3n) is 2.19. The fourth-order valence-electron chi connectivity index (χ4n) is 1.35. The number of nitrogens with zero attached hydrogens (tertiary/aromatic N) is 1. The predicted octanol–water partition coefficient (Wildman–Crippen LogP) is 3.91. The number of amides is 1. The van der Waals surface area contributed by atoms with E-state index in [2.05, 4.69) is 5.32 Å². The molecule has 21 heavy (non-hydrogen) atoms. The number of benzene rings is 1. The maximum Gasteiger partial charge on any atom is 0.416 e. The van der Waals surface area contributed by atoms with Gasteiger partial charge in [0, 0.05) is 4.90 Å². The lowest BCUT2D eigenvalue weighted by Gasteiger charge is -2.13. The van der Waals surface area contributed by atoms with Gasteiger partial charge < -0.3 is 5.32 Å². The van der Waals surface area contributed by atoms with Crippen molar-refractivity contribution >= 4 is 23.4 Å². The molecular formula is C12H9F5N2OS. The first-order valence-electron chi connectivity index (χ1n) is 5.53. The van der Waals surface area contributed by atoms with Gasteiger partial charge in [0.2, 0.25) is 12.3 Å².